The van der Waals surface area contributed by atoms with Gasteiger partial charge in [-0.1, -0.05) is 24.3 Å². The maximum atomic E-state index is 11.5. The van der Waals surface area contributed by atoms with Crippen LogP contribution in [0.15, 0.2) is 39.7 Å². The lowest BCUT2D eigenvalue weighted by Crippen LogP contribution is -2.09. The van der Waals surface area contributed by atoms with Crippen LogP contribution < -0.4 is 5.56 Å². The fourth-order valence-electron chi connectivity index (χ4n) is 1.55. The monoisotopic (exact) mass is 294 g/mol. The molecular weight excluding hydrogens is 284 g/mol. The summed E-state index contributed by atoms with van der Waals surface area (Å²) in [7, 11) is 1.63. The van der Waals surface area contributed by atoms with Crippen LogP contribution in [0, 0.1) is 0 Å². The Morgan fingerprint density at radius 1 is 1.41 bits per heavy atom. The van der Waals surface area contributed by atoms with E-state index in [0.29, 0.717) is 16.9 Å². The van der Waals surface area contributed by atoms with Crippen LogP contribution in [0.2, 0.25) is 0 Å². The summed E-state index contributed by atoms with van der Waals surface area (Å²) in [5.74, 6) is 0.547. The van der Waals surface area contributed by atoms with E-state index in [1.54, 1.807) is 7.11 Å². The quantitative estimate of drug-likeness (QED) is 0.945. The van der Waals surface area contributed by atoms with Crippen molar-refractivity contribution in [3.05, 3.63) is 50.9 Å². The molecule has 17 heavy (non-hydrogen) atoms. The zero-order valence-corrected chi connectivity index (χ0v) is 10.8. The SMILES string of the molecule is COCc1ccccc1-c1ncc(Br)c(=O)[nH]1. The van der Waals surface area contributed by atoms with E-state index in [2.05, 4.69) is 25.9 Å². The van der Waals surface area contributed by atoms with E-state index < -0.39 is 0 Å². The summed E-state index contributed by atoms with van der Waals surface area (Å²) in [4.78, 5) is 18.4. The number of H-pyrrole nitrogens is 1. The van der Waals surface area contributed by atoms with Gasteiger partial charge in [-0.05, 0) is 21.5 Å². The van der Waals surface area contributed by atoms with Crippen molar-refractivity contribution in [3.63, 3.8) is 0 Å². The summed E-state index contributed by atoms with van der Waals surface area (Å²) in [6.45, 7) is 0.482. The molecule has 2 rings (SSSR count). The van der Waals surface area contributed by atoms with Crippen LogP contribution >= 0.6 is 15.9 Å². The Morgan fingerprint density at radius 3 is 2.88 bits per heavy atom. The molecule has 0 saturated heterocycles. The maximum Gasteiger partial charge on any atom is 0.265 e. The number of rotatable bonds is 3. The fraction of sp³-hybridized carbons (Fsp3) is 0.167. The number of benzene rings is 1. The largest absolute Gasteiger partial charge is 0.380 e. The van der Waals surface area contributed by atoms with Gasteiger partial charge in [0.2, 0.25) is 0 Å². The Hall–Kier alpha value is -1.46. The molecule has 0 saturated carbocycles. The highest BCUT2D eigenvalue weighted by atomic mass is 79.9. The molecule has 0 aliphatic heterocycles. The van der Waals surface area contributed by atoms with Gasteiger partial charge in [-0.2, -0.15) is 0 Å². The first-order chi connectivity index (χ1) is 8.22. The van der Waals surface area contributed by atoms with Crippen molar-refractivity contribution < 1.29 is 4.74 Å². The molecule has 0 bridgehead atoms. The van der Waals surface area contributed by atoms with E-state index in [1.165, 1.54) is 6.20 Å². The molecule has 1 aromatic carbocycles. The summed E-state index contributed by atoms with van der Waals surface area (Å²) in [6, 6.07) is 7.67. The van der Waals surface area contributed by atoms with E-state index in [0.717, 1.165) is 11.1 Å². The van der Waals surface area contributed by atoms with E-state index in [1.807, 2.05) is 24.3 Å². The number of ether oxygens (including phenoxy) is 1. The van der Waals surface area contributed by atoms with Crippen LogP contribution in [-0.4, -0.2) is 17.1 Å². The number of aromatic nitrogens is 2. The molecule has 0 amide bonds. The number of nitrogens with zero attached hydrogens (tertiary/aromatic N) is 1. The zero-order chi connectivity index (χ0) is 12.3. The average molecular weight is 295 g/mol. The average Bonchev–Trinajstić information content (AvgIpc) is 2.34. The predicted molar refractivity (Wildman–Crippen MR) is 68.7 cm³/mol. The number of aromatic amines is 1. The van der Waals surface area contributed by atoms with E-state index in [9.17, 15) is 4.79 Å². The van der Waals surface area contributed by atoms with Crippen molar-refractivity contribution in [1.82, 2.24) is 9.97 Å². The lowest BCUT2D eigenvalue weighted by atomic mass is 10.1. The minimum absolute atomic E-state index is 0.192. The summed E-state index contributed by atoms with van der Waals surface area (Å²) < 4.78 is 5.54. The van der Waals surface area contributed by atoms with Crippen LogP contribution in [0.1, 0.15) is 5.56 Å². The second-order valence-corrected chi connectivity index (χ2v) is 4.35. The predicted octanol–water partition coefficient (Wildman–Crippen LogP) is 2.35. The molecule has 1 aromatic heterocycles. The third-order valence-electron chi connectivity index (χ3n) is 2.33. The zero-order valence-electron chi connectivity index (χ0n) is 9.24. The summed E-state index contributed by atoms with van der Waals surface area (Å²) in [6.07, 6.45) is 1.50. The summed E-state index contributed by atoms with van der Waals surface area (Å²) in [5.41, 5.74) is 1.67. The number of halogens is 1. The summed E-state index contributed by atoms with van der Waals surface area (Å²) in [5, 5.41) is 0. The highest BCUT2D eigenvalue weighted by Gasteiger charge is 2.07. The molecule has 0 atom stereocenters. The summed E-state index contributed by atoms with van der Waals surface area (Å²) >= 11 is 3.12. The molecule has 0 aliphatic rings. The minimum atomic E-state index is -0.192. The Labute approximate surface area is 107 Å². The maximum absolute atomic E-state index is 11.5. The van der Waals surface area contributed by atoms with Crippen molar-refractivity contribution >= 4 is 15.9 Å². The molecule has 2 aromatic rings. The number of methoxy groups -OCH3 is 1. The highest BCUT2D eigenvalue weighted by molar-refractivity contribution is 9.10. The van der Waals surface area contributed by atoms with Crippen molar-refractivity contribution in [2.75, 3.05) is 7.11 Å². The lowest BCUT2D eigenvalue weighted by Gasteiger charge is -2.07. The van der Waals surface area contributed by atoms with E-state index >= 15 is 0 Å². The Morgan fingerprint density at radius 2 is 2.18 bits per heavy atom. The first-order valence-electron chi connectivity index (χ1n) is 5.04. The molecule has 5 heteroatoms. The molecule has 0 unspecified atom stereocenters. The minimum Gasteiger partial charge on any atom is -0.380 e. The van der Waals surface area contributed by atoms with Gasteiger partial charge in [-0.15, -0.1) is 0 Å². The molecule has 0 fully saturated rings. The molecule has 1 heterocycles. The second-order valence-electron chi connectivity index (χ2n) is 3.50. The van der Waals surface area contributed by atoms with Gasteiger partial charge in [0.25, 0.3) is 5.56 Å². The van der Waals surface area contributed by atoms with Gasteiger partial charge in [0.1, 0.15) is 10.3 Å². The first kappa shape index (κ1) is 12.0. The molecule has 0 spiro atoms. The van der Waals surface area contributed by atoms with Gasteiger partial charge in [0.15, 0.2) is 0 Å². The van der Waals surface area contributed by atoms with E-state index in [-0.39, 0.29) is 5.56 Å². The molecule has 0 aliphatic carbocycles. The van der Waals surface area contributed by atoms with Gasteiger partial charge in [-0.3, -0.25) is 4.79 Å². The molecule has 0 radical (unpaired) electrons. The van der Waals surface area contributed by atoms with Gasteiger partial charge < -0.3 is 9.72 Å². The van der Waals surface area contributed by atoms with Crippen LogP contribution in [0.3, 0.4) is 0 Å². The third kappa shape index (κ3) is 2.62. The smallest absolute Gasteiger partial charge is 0.265 e. The Balaban J connectivity index is 2.52. The van der Waals surface area contributed by atoms with Crippen molar-refractivity contribution in [2.45, 2.75) is 6.61 Å². The van der Waals surface area contributed by atoms with Gasteiger partial charge in [0, 0.05) is 18.9 Å². The normalized spacial score (nSPS) is 10.5. The first-order valence-corrected chi connectivity index (χ1v) is 5.83. The number of hydrogen-bond donors (Lipinski definition) is 1. The van der Waals surface area contributed by atoms with E-state index in [4.69, 9.17) is 4.74 Å². The topological polar surface area (TPSA) is 55.0 Å². The van der Waals surface area contributed by atoms with Crippen LogP contribution in [0.5, 0.6) is 0 Å². The highest BCUT2D eigenvalue weighted by Crippen LogP contribution is 2.20. The fourth-order valence-corrected chi connectivity index (χ4v) is 1.75. The lowest BCUT2D eigenvalue weighted by molar-refractivity contribution is 0.185. The Kier molecular flexibility index (Phi) is 3.71. The molecule has 4 nitrogen and oxygen atoms in total. The standard InChI is InChI=1S/C12H11BrN2O2/c1-17-7-8-4-2-3-5-9(8)11-14-6-10(13)12(16)15-11/h2-6H,7H2,1H3,(H,14,15,16). The Bertz CT molecular complexity index is 581. The van der Waals surface area contributed by atoms with Crippen LogP contribution in [0.25, 0.3) is 11.4 Å². The number of hydrogen-bond acceptors (Lipinski definition) is 3. The second kappa shape index (κ2) is 5.25. The van der Waals surface area contributed by atoms with Crippen molar-refractivity contribution in [3.8, 4) is 11.4 Å². The number of nitrogens with one attached hydrogen (secondary N) is 1. The van der Waals surface area contributed by atoms with Gasteiger partial charge >= 0.3 is 0 Å². The van der Waals surface area contributed by atoms with Gasteiger partial charge in [0.05, 0.1) is 6.61 Å². The van der Waals surface area contributed by atoms with Gasteiger partial charge in [-0.25, -0.2) is 4.98 Å². The van der Waals surface area contributed by atoms with Crippen LogP contribution in [-0.2, 0) is 11.3 Å². The molecular formula is C12H11BrN2O2. The molecule has 1 N–H and O–H groups in total. The van der Waals surface area contributed by atoms with Crippen molar-refractivity contribution in [2.24, 2.45) is 0 Å². The molecule has 88 valence electrons. The van der Waals surface area contributed by atoms with Crippen LogP contribution in [0.4, 0.5) is 0 Å². The third-order valence-corrected chi connectivity index (χ3v) is 2.89. The van der Waals surface area contributed by atoms with Crippen molar-refractivity contribution in [1.29, 1.82) is 0 Å².